The summed E-state index contributed by atoms with van der Waals surface area (Å²) in [7, 11) is 0. The van der Waals surface area contributed by atoms with E-state index in [4.69, 9.17) is 14.9 Å². The number of aliphatic hydroxyl groups is 3. The van der Waals surface area contributed by atoms with Crippen molar-refractivity contribution in [1.82, 2.24) is 4.90 Å². The van der Waals surface area contributed by atoms with Gasteiger partial charge in [0.2, 0.25) is 0 Å². The molecule has 0 radical (unpaired) electrons. The largest absolute Gasteiger partial charge is 0.491 e. The van der Waals surface area contributed by atoms with Gasteiger partial charge in [-0.05, 0) is 17.5 Å². The van der Waals surface area contributed by atoms with Gasteiger partial charge < -0.3 is 20.1 Å². The SMILES string of the molecule is CC(C)c1ccccc1OCC(O)CN(CCO)CCO.Cl. The van der Waals surface area contributed by atoms with Gasteiger partial charge in [0.15, 0.2) is 0 Å². The number of hydrogen-bond acceptors (Lipinski definition) is 5. The van der Waals surface area contributed by atoms with Crippen LogP contribution >= 0.6 is 12.4 Å². The van der Waals surface area contributed by atoms with Crippen LogP contribution in [0.25, 0.3) is 0 Å². The zero-order valence-electron chi connectivity index (χ0n) is 13.3. The number of hydrogen-bond donors (Lipinski definition) is 3. The zero-order chi connectivity index (χ0) is 15.7. The first-order chi connectivity index (χ1) is 10.1. The number of rotatable bonds is 10. The second-order valence-corrected chi connectivity index (χ2v) is 5.41. The van der Waals surface area contributed by atoms with Crippen molar-refractivity contribution in [3.63, 3.8) is 0 Å². The quantitative estimate of drug-likeness (QED) is 0.601. The Morgan fingerprint density at radius 1 is 1.09 bits per heavy atom. The fraction of sp³-hybridized carbons (Fsp3) is 0.625. The van der Waals surface area contributed by atoms with Crippen LogP contribution < -0.4 is 4.74 Å². The molecule has 0 aromatic heterocycles. The fourth-order valence-electron chi connectivity index (χ4n) is 2.20. The summed E-state index contributed by atoms with van der Waals surface area (Å²) in [5.74, 6) is 1.15. The van der Waals surface area contributed by atoms with Crippen molar-refractivity contribution in [3.05, 3.63) is 29.8 Å². The third kappa shape index (κ3) is 7.42. The average molecular weight is 334 g/mol. The lowest BCUT2D eigenvalue weighted by Gasteiger charge is -2.24. The first-order valence-electron chi connectivity index (χ1n) is 7.42. The molecule has 1 aromatic carbocycles. The summed E-state index contributed by atoms with van der Waals surface area (Å²) in [6.45, 7) is 5.63. The zero-order valence-corrected chi connectivity index (χ0v) is 14.1. The maximum atomic E-state index is 10.0. The highest BCUT2D eigenvalue weighted by molar-refractivity contribution is 5.85. The van der Waals surface area contributed by atoms with Crippen molar-refractivity contribution in [2.75, 3.05) is 39.5 Å². The van der Waals surface area contributed by atoms with Gasteiger partial charge in [0.1, 0.15) is 18.5 Å². The molecule has 1 unspecified atom stereocenters. The molecule has 0 saturated carbocycles. The summed E-state index contributed by atoms with van der Waals surface area (Å²) < 4.78 is 5.72. The van der Waals surface area contributed by atoms with Gasteiger partial charge in [0.05, 0.1) is 13.2 Å². The van der Waals surface area contributed by atoms with Gasteiger partial charge in [-0.3, -0.25) is 4.90 Å². The van der Waals surface area contributed by atoms with Gasteiger partial charge in [-0.2, -0.15) is 0 Å². The van der Waals surface area contributed by atoms with Gasteiger partial charge in [0, 0.05) is 19.6 Å². The average Bonchev–Trinajstić information content (AvgIpc) is 2.46. The van der Waals surface area contributed by atoms with E-state index in [9.17, 15) is 5.11 Å². The molecule has 22 heavy (non-hydrogen) atoms. The molecule has 128 valence electrons. The van der Waals surface area contributed by atoms with E-state index in [1.807, 2.05) is 29.2 Å². The second-order valence-electron chi connectivity index (χ2n) is 5.41. The van der Waals surface area contributed by atoms with Gasteiger partial charge in [-0.25, -0.2) is 0 Å². The molecular formula is C16H28ClNO4. The summed E-state index contributed by atoms with van der Waals surface area (Å²) in [6, 6.07) is 7.82. The number of halogens is 1. The monoisotopic (exact) mass is 333 g/mol. The Morgan fingerprint density at radius 3 is 2.23 bits per heavy atom. The van der Waals surface area contributed by atoms with Crippen molar-refractivity contribution in [3.8, 4) is 5.75 Å². The minimum atomic E-state index is -0.664. The summed E-state index contributed by atoms with van der Waals surface area (Å²) in [4.78, 5) is 1.81. The molecule has 6 heteroatoms. The normalized spacial score (nSPS) is 12.3. The van der Waals surface area contributed by atoms with Crippen molar-refractivity contribution in [2.45, 2.75) is 25.9 Å². The molecule has 0 spiro atoms. The molecule has 0 heterocycles. The summed E-state index contributed by atoms with van der Waals surface area (Å²) in [5.41, 5.74) is 1.12. The predicted octanol–water partition coefficient (Wildman–Crippen LogP) is 1.26. The molecule has 1 atom stereocenters. The Balaban J connectivity index is 0.00000441. The lowest BCUT2D eigenvalue weighted by atomic mass is 10.0. The standard InChI is InChI=1S/C16H27NO4.ClH/c1-13(2)15-5-3-4-6-16(15)21-12-14(20)11-17(7-9-18)8-10-19;/h3-6,13-14,18-20H,7-12H2,1-2H3;1H. The maximum absolute atomic E-state index is 10.0. The van der Waals surface area contributed by atoms with E-state index >= 15 is 0 Å². The van der Waals surface area contributed by atoms with E-state index in [0.29, 0.717) is 25.6 Å². The Morgan fingerprint density at radius 2 is 1.68 bits per heavy atom. The van der Waals surface area contributed by atoms with Crippen LogP contribution in [0.15, 0.2) is 24.3 Å². The molecule has 1 rings (SSSR count). The number of para-hydroxylation sites is 1. The molecule has 0 fully saturated rings. The molecule has 0 aliphatic rings. The van der Waals surface area contributed by atoms with Crippen molar-refractivity contribution in [2.24, 2.45) is 0 Å². The van der Waals surface area contributed by atoms with Gasteiger partial charge in [-0.1, -0.05) is 32.0 Å². The van der Waals surface area contributed by atoms with E-state index in [1.165, 1.54) is 0 Å². The third-order valence-corrected chi connectivity index (χ3v) is 3.27. The minimum absolute atomic E-state index is 0. The highest BCUT2D eigenvalue weighted by Crippen LogP contribution is 2.25. The Hall–Kier alpha value is -0.850. The molecule has 0 aliphatic carbocycles. The third-order valence-electron chi connectivity index (χ3n) is 3.27. The first kappa shape index (κ1) is 21.1. The molecule has 0 bridgehead atoms. The number of aliphatic hydroxyl groups excluding tert-OH is 3. The van der Waals surface area contributed by atoms with Crippen LogP contribution in [0, 0.1) is 0 Å². The lowest BCUT2D eigenvalue weighted by Crippen LogP contribution is -2.38. The molecule has 0 amide bonds. The van der Waals surface area contributed by atoms with E-state index in [1.54, 1.807) is 0 Å². The van der Waals surface area contributed by atoms with E-state index in [2.05, 4.69) is 13.8 Å². The molecule has 5 nitrogen and oxygen atoms in total. The molecule has 3 N–H and O–H groups in total. The lowest BCUT2D eigenvalue weighted by molar-refractivity contribution is 0.0549. The van der Waals surface area contributed by atoms with Crippen molar-refractivity contribution >= 4 is 12.4 Å². The Kier molecular flexibility index (Phi) is 11.2. The van der Waals surface area contributed by atoms with Crippen LogP contribution in [-0.4, -0.2) is 65.8 Å². The van der Waals surface area contributed by atoms with E-state index in [0.717, 1.165) is 11.3 Å². The van der Waals surface area contributed by atoms with Crippen LogP contribution in [0.4, 0.5) is 0 Å². The second kappa shape index (κ2) is 11.7. The smallest absolute Gasteiger partial charge is 0.122 e. The molecule has 0 aliphatic heterocycles. The molecule has 1 aromatic rings. The van der Waals surface area contributed by atoms with Gasteiger partial charge in [-0.15, -0.1) is 12.4 Å². The summed E-state index contributed by atoms with van der Waals surface area (Å²) in [6.07, 6.45) is -0.664. The van der Waals surface area contributed by atoms with Crippen LogP contribution in [0.5, 0.6) is 5.75 Å². The van der Waals surface area contributed by atoms with Gasteiger partial charge >= 0.3 is 0 Å². The van der Waals surface area contributed by atoms with Gasteiger partial charge in [0.25, 0.3) is 0 Å². The molecule has 0 saturated heterocycles. The van der Waals surface area contributed by atoms with Crippen LogP contribution in [0.3, 0.4) is 0 Å². The van der Waals surface area contributed by atoms with Crippen molar-refractivity contribution in [1.29, 1.82) is 0 Å². The van der Waals surface area contributed by atoms with Crippen LogP contribution in [0.1, 0.15) is 25.3 Å². The highest BCUT2D eigenvalue weighted by Gasteiger charge is 2.13. The number of benzene rings is 1. The number of nitrogens with zero attached hydrogens (tertiary/aromatic N) is 1. The van der Waals surface area contributed by atoms with Crippen LogP contribution in [-0.2, 0) is 0 Å². The highest BCUT2D eigenvalue weighted by atomic mass is 35.5. The summed E-state index contributed by atoms with van der Waals surface area (Å²) >= 11 is 0. The van der Waals surface area contributed by atoms with Crippen molar-refractivity contribution < 1.29 is 20.1 Å². The fourth-order valence-corrected chi connectivity index (χ4v) is 2.20. The molecular weight excluding hydrogens is 306 g/mol. The maximum Gasteiger partial charge on any atom is 0.122 e. The Bertz CT molecular complexity index is 397. The number of ether oxygens (including phenoxy) is 1. The van der Waals surface area contributed by atoms with Crippen LogP contribution in [0.2, 0.25) is 0 Å². The van der Waals surface area contributed by atoms with E-state index in [-0.39, 0.29) is 32.2 Å². The topological polar surface area (TPSA) is 73.2 Å². The predicted molar refractivity (Wildman–Crippen MR) is 89.9 cm³/mol. The first-order valence-corrected chi connectivity index (χ1v) is 7.42. The Labute approximate surface area is 138 Å². The van der Waals surface area contributed by atoms with E-state index < -0.39 is 6.10 Å². The minimum Gasteiger partial charge on any atom is -0.491 e. The summed E-state index contributed by atoms with van der Waals surface area (Å²) in [5, 5.41) is 27.9.